The van der Waals surface area contributed by atoms with Crippen molar-refractivity contribution >= 4 is 5.91 Å². The first-order chi connectivity index (χ1) is 15.5. The quantitative estimate of drug-likeness (QED) is 0.568. The Balaban J connectivity index is 1.65. The van der Waals surface area contributed by atoms with Gasteiger partial charge in [0.15, 0.2) is 0 Å². The summed E-state index contributed by atoms with van der Waals surface area (Å²) in [5.41, 5.74) is 3.04. The van der Waals surface area contributed by atoms with Crippen molar-refractivity contribution in [3.8, 4) is 5.75 Å². The highest BCUT2D eigenvalue weighted by Crippen LogP contribution is 2.41. The Morgan fingerprint density at radius 2 is 1.97 bits per heavy atom. The van der Waals surface area contributed by atoms with Crippen LogP contribution in [-0.2, 0) is 23.5 Å². The normalized spacial score (nSPS) is 18.5. The van der Waals surface area contributed by atoms with Crippen LogP contribution in [0.5, 0.6) is 5.75 Å². The SMILES string of the molecule is Cc1cccc(C2(C(=O)N(C)C)CCCN2Cc2ccccc2OCc2cccnc2)n1. The Bertz CT molecular complexity index is 1070. The molecule has 1 amide bonds. The molecule has 0 bridgehead atoms. The van der Waals surface area contributed by atoms with Gasteiger partial charge < -0.3 is 9.64 Å². The van der Waals surface area contributed by atoms with Crippen LogP contribution in [0, 0.1) is 6.92 Å². The molecule has 0 aliphatic carbocycles. The van der Waals surface area contributed by atoms with E-state index in [1.165, 1.54) is 0 Å². The molecule has 1 aliphatic rings. The zero-order valence-electron chi connectivity index (χ0n) is 19.0. The van der Waals surface area contributed by atoms with E-state index in [-0.39, 0.29) is 5.91 Å². The molecule has 1 aromatic carbocycles. The summed E-state index contributed by atoms with van der Waals surface area (Å²) in [5.74, 6) is 0.897. The lowest BCUT2D eigenvalue weighted by Gasteiger charge is -2.39. The Morgan fingerprint density at radius 1 is 1.12 bits per heavy atom. The van der Waals surface area contributed by atoms with Gasteiger partial charge in [0, 0.05) is 49.9 Å². The first-order valence-electron chi connectivity index (χ1n) is 11.0. The van der Waals surface area contributed by atoms with Crippen molar-refractivity contribution in [2.75, 3.05) is 20.6 Å². The molecule has 6 heteroatoms. The number of carbonyl (C=O) groups is 1. The van der Waals surface area contributed by atoms with Crippen molar-refractivity contribution in [2.24, 2.45) is 0 Å². The van der Waals surface area contributed by atoms with Crippen LogP contribution in [0.1, 0.15) is 35.4 Å². The third-order valence-electron chi connectivity index (χ3n) is 6.03. The molecule has 1 aliphatic heterocycles. The molecule has 2 aromatic heterocycles. The fraction of sp³-hybridized carbons (Fsp3) is 0.346. The van der Waals surface area contributed by atoms with Crippen LogP contribution < -0.4 is 4.74 Å². The summed E-state index contributed by atoms with van der Waals surface area (Å²) in [6, 6.07) is 17.9. The maximum Gasteiger partial charge on any atom is 0.248 e. The van der Waals surface area contributed by atoms with Crippen molar-refractivity contribution in [1.29, 1.82) is 0 Å². The summed E-state index contributed by atoms with van der Waals surface area (Å²) >= 11 is 0. The lowest BCUT2D eigenvalue weighted by molar-refractivity contribution is -0.141. The molecular formula is C26H30N4O2. The second-order valence-electron chi connectivity index (χ2n) is 8.51. The van der Waals surface area contributed by atoms with Gasteiger partial charge in [-0.1, -0.05) is 30.3 Å². The van der Waals surface area contributed by atoms with Gasteiger partial charge in [-0.2, -0.15) is 0 Å². The summed E-state index contributed by atoms with van der Waals surface area (Å²) in [4.78, 5) is 26.5. The zero-order valence-corrected chi connectivity index (χ0v) is 19.0. The van der Waals surface area contributed by atoms with Crippen molar-refractivity contribution in [3.05, 3.63) is 89.5 Å². The summed E-state index contributed by atoms with van der Waals surface area (Å²) in [5, 5.41) is 0. The summed E-state index contributed by atoms with van der Waals surface area (Å²) < 4.78 is 6.16. The summed E-state index contributed by atoms with van der Waals surface area (Å²) in [6.07, 6.45) is 5.26. The van der Waals surface area contributed by atoms with Gasteiger partial charge in [-0.05, 0) is 50.6 Å². The first kappa shape index (κ1) is 22.0. The summed E-state index contributed by atoms with van der Waals surface area (Å²) in [6.45, 7) is 3.86. The number of hydrogen-bond donors (Lipinski definition) is 0. The number of aromatic nitrogens is 2. The molecule has 6 nitrogen and oxygen atoms in total. The van der Waals surface area contributed by atoms with E-state index in [1.54, 1.807) is 11.1 Å². The Kier molecular flexibility index (Phi) is 6.51. The van der Waals surface area contributed by atoms with E-state index in [2.05, 4.69) is 16.0 Å². The molecule has 0 N–H and O–H groups in total. The van der Waals surface area contributed by atoms with Gasteiger partial charge in [0.05, 0.1) is 5.69 Å². The topological polar surface area (TPSA) is 58.6 Å². The van der Waals surface area contributed by atoms with E-state index in [0.717, 1.165) is 47.7 Å². The summed E-state index contributed by atoms with van der Waals surface area (Å²) in [7, 11) is 3.64. The maximum atomic E-state index is 13.6. The predicted molar refractivity (Wildman–Crippen MR) is 124 cm³/mol. The molecular weight excluding hydrogens is 400 g/mol. The number of hydrogen-bond acceptors (Lipinski definition) is 5. The van der Waals surface area contributed by atoms with E-state index in [9.17, 15) is 4.79 Å². The molecule has 0 spiro atoms. The van der Waals surface area contributed by atoms with Crippen LogP contribution >= 0.6 is 0 Å². The van der Waals surface area contributed by atoms with Crippen molar-refractivity contribution in [1.82, 2.24) is 19.8 Å². The average Bonchev–Trinajstić information content (AvgIpc) is 3.23. The van der Waals surface area contributed by atoms with Crippen LogP contribution in [0.2, 0.25) is 0 Å². The van der Waals surface area contributed by atoms with Crippen LogP contribution in [0.4, 0.5) is 0 Å². The number of aryl methyl sites for hydroxylation is 1. The second-order valence-corrected chi connectivity index (χ2v) is 8.51. The van der Waals surface area contributed by atoms with Crippen molar-refractivity contribution in [3.63, 3.8) is 0 Å². The number of nitrogens with zero attached hydrogens (tertiary/aromatic N) is 4. The van der Waals surface area contributed by atoms with Crippen molar-refractivity contribution < 1.29 is 9.53 Å². The highest BCUT2D eigenvalue weighted by atomic mass is 16.5. The molecule has 1 saturated heterocycles. The van der Waals surface area contributed by atoms with E-state index >= 15 is 0 Å². The number of amides is 1. The van der Waals surface area contributed by atoms with E-state index in [0.29, 0.717) is 13.2 Å². The fourth-order valence-corrected chi connectivity index (χ4v) is 4.50. The monoisotopic (exact) mass is 430 g/mol. The number of likely N-dealkylation sites (tertiary alicyclic amines) is 1. The maximum absolute atomic E-state index is 13.6. The predicted octanol–water partition coefficient (Wildman–Crippen LogP) is 3.94. The third kappa shape index (κ3) is 4.36. The zero-order chi connectivity index (χ0) is 22.6. The van der Waals surface area contributed by atoms with Crippen molar-refractivity contribution in [2.45, 2.75) is 38.5 Å². The number of para-hydroxylation sites is 1. The van der Waals surface area contributed by atoms with Gasteiger partial charge >= 0.3 is 0 Å². The molecule has 166 valence electrons. The highest BCUT2D eigenvalue weighted by Gasteiger charge is 2.50. The van der Waals surface area contributed by atoms with Gasteiger partial charge in [0.25, 0.3) is 0 Å². The van der Waals surface area contributed by atoms with E-state index in [1.807, 2.05) is 75.7 Å². The minimum atomic E-state index is -0.772. The number of carbonyl (C=O) groups excluding carboxylic acids is 1. The van der Waals surface area contributed by atoms with Crippen LogP contribution in [0.25, 0.3) is 0 Å². The molecule has 1 unspecified atom stereocenters. The first-order valence-corrected chi connectivity index (χ1v) is 11.0. The van der Waals surface area contributed by atoms with Crippen LogP contribution in [0.3, 0.4) is 0 Å². The molecule has 32 heavy (non-hydrogen) atoms. The average molecular weight is 431 g/mol. The molecule has 0 radical (unpaired) electrons. The number of benzene rings is 1. The van der Waals surface area contributed by atoms with Gasteiger partial charge in [0.2, 0.25) is 5.91 Å². The molecule has 0 saturated carbocycles. The largest absolute Gasteiger partial charge is 0.489 e. The molecule has 3 aromatic rings. The smallest absolute Gasteiger partial charge is 0.248 e. The number of rotatable bonds is 7. The third-order valence-corrected chi connectivity index (χ3v) is 6.03. The number of ether oxygens (including phenoxy) is 1. The molecule has 1 fully saturated rings. The Hall–Kier alpha value is -3.25. The Labute approximate surface area is 189 Å². The minimum absolute atomic E-state index is 0.0712. The minimum Gasteiger partial charge on any atom is -0.489 e. The number of likely N-dealkylation sites (N-methyl/N-ethyl adjacent to an activating group) is 1. The lowest BCUT2D eigenvalue weighted by Crippen LogP contribution is -2.52. The van der Waals surface area contributed by atoms with Gasteiger partial charge in [-0.15, -0.1) is 0 Å². The fourth-order valence-electron chi connectivity index (χ4n) is 4.50. The van der Waals surface area contributed by atoms with Gasteiger partial charge in [0.1, 0.15) is 17.9 Å². The van der Waals surface area contributed by atoms with E-state index in [4.69, 9.17) is 9.72 Å². The molecule has 4 rings (SSSR count). The number of pyridine rings is 2. The molecule has 1 atom stereocenters. The van der Waals surface area contributed by atoms with Crippen LogP contribution in [-0.4, -0.2) is 46.3 Å². The van der Waals surface area contributed by atoms with Crippen LogP contribution in [0.15, 0.2) is 67.0 Å². The molecule has 3 heterocycles. The second kappa shape index (κ2) is 9.49. The van der Waals surface area contributed by atoms with Gasteiger partial charge in [-0.25, -0.2) is 0 Å². The highest BCUT2D eigenvalue weighted by molar-refractivity contribution is 5.87. The van der Waals surface area contributed by atoms with Gasteiger partial charge in [-0.3, -0.25) is 19.7 Å². The Morgan fingerprint density at radius 3 is 2.72 bits per heavy atom. The van der Waals surface area contributed by atoms with E-state index < -0.39 is 5.54 Å². The standard InChI is InChI=1S/C26H30N4O2/c1-20-9-6-13-24(28-20)26(25(31)29(2)3)14-8-16-30(26)18-22-11-4-5-12-23(22)32-19-21-10-7-15-27-17-21/h4-7,9-13,15,17H,8,14,16,18-19H2,1-3H3. The lowest BCUT2D eigenvalue weighted by atomic mass is 9.89.